The van der Waals surface area contributed by atoms with E-state index in [0.717, 1.165) is 0 Å². The molecule has 2 nitrogen and oxygen atoms in total. The van der Waals surface area contributed by atoms with Gasteiger partial charge in [0.25, 0.3) is 0 Å². The van der Waals surface area contributed by atoms with Crippen LogP contribution in [0.25, 0.3) is 0 Å². The Balaban J connectivity index is 4.26. The van der Waals surface area contributed by atoms with Crippen molar-refractivity contribution in [3.63, 3.8) is 0 Å². The smallest absolute Gasteiger partial charge is 0.0922 e. The van der Waals surface area contributed by atoms with Crippen molar-refractivity contribution in [1.29, 1.82) is 0 Å². The minimum Gasteiger partial charge on any atom is -0.385 e. The second kappa shape index (κ2) is 2.42. The van der Waals surface area contributed by atoms with Crippen molar-refractivity contribution in [2.24, 2.45) is 0 Å². The predicted octanol–water partition coefficient (Wildman–Crippen LogP) is 0.163. The Kier molecular flexibility index (Phi) is 2.37. The Morgan fingerprint density at radius 2 is 2.00 bits per heavy atom. The van der Waals surface area contributed by atoms with Crippen LogP contribution in [0.15, 0.2) is 0 Å². The van der Waals surface area contributed by atoms with Gasteiger partial charge < -0.3 is 5.11 Å². The van der Waals surface area contributed by atoms with Crippen LogP contribution >= 0.6 is 0 Å². The van der Waals surface area contributed by atoms with E-state index in [2.05, 4.69) is 0 Å². The number of rotatable bonds is 1. The highest BCUT2D eigenvalue weighted by molar-refractivity contribution is 7.66. The van der Waals surface area contributed by atoms with Gasteiger partial charge in [0, 0.05) is 0 Å². The second-order valence-corrected chi connectivity index (χ2v) is 2.98. The zero-order valence-electron chi connectivity index (χ0n) is 5.26. The SMILES string of the molecule is CC(=S=O)C(C)(C)O. The van der Waals surface area contributed by atoms with E-state index in [0.29, 0.717) is 16.1 Å². The minimum absolute atomic E-state index is 0.348. The van der Waals surface area contributed by atoms with E-state index in [9.17, 15) is 4.21 Å². The number of hydrogen-bond acceptors (Lipinski definition) is 2. The van der Waals surface area contributed by atoms with Crippen LogP contribution in [0.5, 0.6) is 0 Å². The molecule has 0 aromatic rings. The molecule has 0 saturated carbocycles. The van der Waals surface area contributed by atoms with Gasteiger partial charge in [0.2, 0.25) is 0 Å². The summed E-state index contributed by atoms with van der Waals surface area (Å²) in [6.07, 6.45) is 0. The topological polar surface area (TPSA) is 37.3 Å². The first kappa shape index (κ1) is 7.85. The molecule has 0 fully saturated rings. The normalized spacial score (nSPS) is 11.0. The van der Waals surface area contributed by atoms with E-state index in [4.69, 9.17) is 5.11 Å². The van der Waals surface area contributed by atoms with Crippen molar-refractivity contribution in [1.82, 2.24) is 0 Å². The first-order valence-electron chi connectivity index (χ1n) is 2.34. The number of aliphatic hydroxyl groups is 1. The van der Waals surface area contributed by atoms with Gasteiger partial charge in [-0.15, -0.1) is 0 Å². The average molecular weight is 134 g/mol. The third-order valence-corrected chi connectivity index (χ3v) is 1.74. The van der Waals surface area contributed by atoms with Crippen molar-refractivity contribution in [3.05, 3.63) is 0 Å². The molecule has 0 unspecified atom stereocenters. The molecular formula is C5H10O2S. The molecule has 1 N–H and O–H groups in total. The van der Waals surface area contributed by atoms with E-state index in [-0.39, 0.29) is 0 Å². The zero-order chi connectivity index (χ0) is 6.78. The summed E-state index contributed by atoms with van der Waals surface area (Å²) >= 11 is 0.348. The Bertz CT molecular complexity index is 128. The molecule has 0 aliphatic carbocycles. The maximum absolute atomic E-state index is 10.00. The standard InChI is InChI=1S/C5H10O2S/c1-4(8-7)5(2,3)6/h6H,1-3H3. The number of hydrogen-bond donors (Lipinski definition) is 1. The summed E-state index contributed by atoms with van der Waals surface area (Å²) in [7, 11) is 0. The van der Waals surface area contributed by atoms with Crippen molar-refractivity contribution in [2.75, 3.05) is 0 Å². The zero-order valence-corrected chi connectivity index (χ0v) is 6.08. The molecule has 0 aliphatic heterocycles. The van der Waals surface area contributed by atoms with Gasteiger partial charge in [-0.1, -0.05) is 0 Å². The fourth-order valence-electron chi connectivity index (χ4n) is 0.102. The molecule has 0 aliphatic rings. The highest BCUT2D eigenvalue weighted by atomic mass is 32.1. The molecular weight excluding hydrogens is 124 g/mol. The maximum Gasteiger partial charge on any atom is 0.0922 e. The maximum atomic E-state index is 10.00. The lowest BCUT2D eigenvalue weighted by atomic mass is 10.1. The van der Waals surface area contributed by atoms with Crippen molar-refractivity contribution in [3.8, 4) is 0 Å². The largest absolute Gasteiger partial charge is 0.385 e. The van der Waals surface area contributed by atoms with Gasteiger partial charge in [-0.2, -0.15) is 0 Å². The predicted molar refractivity (Wildman–Crippen MR) is 35.1 cm³/mol. The lowest BCUT2D eigenvalue weighted by molar-refractivity contribution is 0.156. The Hall–Kier alpha value is -0.150. The molecule has 8 heavy (non-hydrogen) atoms. The summed E-state index contributed by atoms with van der Waals surface area (Å²) in [6, 6.07) is 0. The monoisotopic (exact) mass is 134 g/mol. The molecule has 3 heteroatoms. The first-order chi connectivity index (χ1) is 3.48. The van der Waals surface area contributed by atoms with Gasteiger partial charge in [-0.3, -0.25) is 0 Å². The van der Waals surface area contributed by atoms with Gasteiger partial charge in [0.15, 0.2) is 0 Å². The fraction of sp³-hybridized carbons (Fsp3) is 0.800. The van der Waals surface area contributed by atoms with E-state index in [1.807, 2.05) is 0 Å². The van der Waals surface area contributed by atoms with Crippen LogP contribution in [0.2, 0.25) is 0 Å². The second-order valence-electron chi connectivity index (χ2n) is 2.20. The molecule has 0 amide bonds. The molecule has 0 bridgehead atoms. The van der Waals surface area contributed by atoms with E-state index in [1.165, 1.54) is 0 Å². The Morgan fingerprint density at radius 3 is 2.00 bits per heavy atom. The Labute approximate surface area is 52.6 Å². The fourth-order valence-corrected chi connectivity index (χ4v) is 0.306. The third-order valence-electron chi connectivity index (χ3n) is 0.987. The summed E-state index contributed by atoms with van der Waals surface area (Å²) in [6.45, 7) is 4.80. The van der Waals surface area contributed by atoms with Crippen LogP contribution in [0.3, 0.4) is 0 Å². The quantitative estimate of drug-likeness (QED) is 0.519. The van der Waals surface area contributed by atoms with Crippen LogP contribution < -0.4 is 0 Å². The lowest BCUT2D eigenvalue weighted by Gasteiger charge is -2.13. The van der Waals surface area contributed by atoms with Crippen molar-refractivity contribution < 1.29 is 9.32 Å². The summed E-state index contributed by atoms with van der Waals surface area (Å²) < 4.78 is 10.00. The van der Waals surface area contributed by atoms with Gasteiger partial charge in [-0.25, -0.2) is 4.21 Å². The summed E-state index contributed by atoms with van der Waals surface area (Å²) in [5.41, 5.74) is -0.924. The van der Waals surface area contributed by atoms with Crippen molar-refractivity contribution >= 4 is 16.1 Å². The molecule has 48 valence electrons. The summed E-state index contributed by atoms with van der Waals surface area (Å²) in [5.74, 6) is 0. The average Bonchev–Trinajstić information content (AvgIpc) is 1.62. The summed E-state index contributed by atoms with van der Waals surface area (Å²) in [5, 5.41) is 9.03. The third kappa shape index (κ3) is 2.23. The molecule has 0 aromatic heterocycles. The van der Waals surface area contributed by atoms with Crippen LogP contribution in [-0.2, 0) is 11.3 Å². The van der Waals surface area contributed by atoms with E-state index >= 15 is 0 Å². The van der Waals surface area contributed by atoms with Crippen LogP contribution in [0.1, 0.15) is 20.8 Å². The van der Waals surface area contributed by atoms with E-state index < -0.39 is 5.60 Å². The van der Waals surface area contributed by atoms with Gasteiger partial charge >= 0.3 is 0 Å². The molecule has 0 atom stereocenters. The highest BCUT2D eigenvalue weighted by Crippen LogP contribution is 2.00. The van der Waals surface area contributed by atoms with Crippen LogP contribution in [-0.4, -0.2) is 19.8 Å². The Morgan fingerprint density at radius 1 is 1.62 bits per heavy atom. The van der Waals surface area contributed by atoms with Gasteiger partial charge in [0.05, 0.1) is 21.7 Å². The van der Waals surface area contributed by atoms with E-state index in [1.54, 1.807) is 20.8 Å². The molecule has 0 rings (SSSR count). The minimum atomic E-state index is -0.924. The molecule has 0 aromatic carbocycles. The highest BCUT2D eigenvalue weighted by Gasteiger charge is 2.15. The van der Waals surface area contributed by atoms with Crippen LogP contribution in [0.4, 0.5) is 0 Å². The molecule has 0 heterocycles. The molecule has 0 spiro atoms. The first-order valence-corrected chi connectivity index (χ1v) is 3.09. The van der Waals surface area contributed by atoms with Crippen LogP contribution in [0, 0.1) is 0 Å². The molecule has 0 saturated heterocycles. The van der Waals surface area contributed by atoms with Gasteiger partial charge in [0.1, 0.15) is 0 Å². The van der Waals surface area contributed by atoms with Gasteiger partial charge in [-0.05, 0) is 20.8 Å². The summed E-state index contributed by atoms with van der Waals surface area (Å²) in [4.78, 5) is 0.498. The van der Waals surface area contributed by atoms with Crippen molar-refractivity contribution in [2.45, 2.75) is 26.4 Å². The molecule has 0 radical (unpaired) electrons. The lowest BCUT2D eigenvalue weighted by Crippen LogP contribution is -2.28.